The Morgan fingerprint density at radius 2 is 1.74 bits per heavy atom. The minimum atomic E-state index is -5.06. The van der Waals surface area contributed by atoms with Gasteiger partial charge >= 0.3 is 6.18 Å². The van der Waals surface area contributed by atoms with E-state index in [0.717, 1.165) is 12.1 Å². The molecule has 0 radical (unpaired) electrons. The fourth-order valence-electron chi connectivity index (χ4n) is 1.74. The molecular formula is C14H7ClF5NO2. The van der Waals surface area contributed by atoms with Gasteiger partial charge in [-0.2, -0.15) is 13.2 Å². The number of rotatable bonds is 2. The summed E-state index contributed by atoms with van der Waals surface area (Å²) in [6.07, 6.45) is -5.06. The minimum Gasteiger partial charge on any atom is -0.507 e. The van der Waals surface area contributed by atoms with Gasteiger partial charge in [-0.15, -0.1) is 0 Å². The number of hydrogen-bond acceptors (Lipinski definition) is 2. The maximum Gasteiger partial charge on any atom is 0.419 e. The van der Waals surface area contributed by atoms with Crippen molar-refractivity contribution in [3.8, 4) is 5.75 Å². The summed E-state index contributed by atoms with van der Waals surface area (Å²) in [6, 6.07) is 3.53. The lowest BCUT2D eigenvalue weighted by Gasteiger charge is -2.12. The lowest BCUT2D eigenvalue weighted by atomic mass is 10.1. The lowest BCUT2D eigenvalue weighted by Crippen LogP contribution is -2.16. The number of nitrogens with one attached hydrogen (secondary N) is 1. The van der Waals surface area contributed by atoms with Crippen molar-refractivity contribution in [2.24, 2.45) is 0 Å². The van der Waals surface area contributed by atoms with Gasteiger partial charge in [-0.1, -0.05) is 11.6 Å². The first-order chi connectivity index (χ1) is 10.6. The van der Waals surface area contributed by atoms with Crippen LogP contribution in [0.4, 0.5) is 27.6 Å². The van der Waals surface area contributed by atoms with Crippen LogP contribution in [0.1, 0.15) is 15.9 Å². The van der Waals surface area contributed by atoms with Crippen LogP contribution in [-0.4, -0.2) is 11.0 Å². The first-order valence-electron chi connectivity index (χ1n) is 5.95. The van der Waals surface area contributed by atoms with Crippen LogP contribution in [0.3, 0.4) is 0 Å². The number of halogens is 6. The molecule has 3 nitrogen and oxygen atoms in total. The largest absolute Gasteiger partial charge is 0.507 e. The Bertz CT molecular complexity index is 776. The molecule has 2 rings (SSSR count). The van der Waals surface area contributed by atoms with Crippen molar-refractivity contribution < 1.29 is 31.9 Å². The Hall–Kier alpha value is -2.35. The maximum atomic E-state index is 13.6. The van der Waals surface area contributed by atoms with E-state index in [1.807, 2.05) is 5.32 Å². The lowest BCUT2D eigenvalue weighted by molar-refractivity contribution is -0.140. The van der Waals surface area contributed by atoms with E-state index >= 15 is 0 Å². The molecule has 0 saturated heterocycles. The van der Waals surface area contributed by atoms with E-state index in [9.17, 15) is 31.9 Å². The number of benzene rings is 2. The van der Waals surface area contributed by atoms with Gasteiger partial charge in [-0.05, 0) is 24.3 Å². The highest BCUT2D eigenvalue weighted by molar-refractivity contribution is 6.31. The fourth-order valence-corrected chi connectivity index (χ4v) is 1.91. The van der Waals surface area contributed by atoms with E-state index in [1.54, 1.807) is 0 Å². The standard InChI is InChI=1S/C14H7ClF5NO2/c15-6-1-2-12(22)7(3-6)13(23)21-11-4-8(14(18,19)20)9(16)5-10(11)17/h1-5,22H,(H,21,23). The summed E-state index contributed by atoms with van der Waals surface area (Å²) in [5, 5.41) is 11.4. The molecular weight excluding hydrogens is 345 g/mol. The Morgan fingerprint density at radius 3 is 2.35 bits per heavy atom. The fraction of sp³-hybridized carbons (Fsp3) is 0.0714. The molecule has 23 heavy (non-hydrogen) atoms. The van der Waals surface area contributed by atoms with Crippen LogP contribution in [0.25, 0.3) is 0 Å². The third-order valence-corrected chi connectivity index (χ3v) is 3.05. The number of anilines is 1. The Balaban J connectivity index is 2.40. The molecule has 0 fully saturated rings. The van der Waals surface area contributed by atoms with E-state index in [0.29, 0.717) is 0 Å². The van der Waals surface area contributed by atoms with E-state index in [1.165, 1.54) is 6.07 Å². The van der Waals surface area contributed by atoms with Crippen molar-refractivity contribution >= 4 is 23.2 Å². The number of phenols is 1. The molecule has 2 N–H and O–H groups in total. The van der Waals surface area contributed by atoms with Gasteiger partial charge < -0.3 is 10.4 Å². The average molecular weight is 352 g/mol. The van der Waals surface area contributed by atoms with Crippen LogP contribution < -0.4 is 5.32 Å². The van der Waals surface area contributed by atoms with Crippen LogP contribution in [0.15, 0.2) is 30.3 Å². The zero-order valence-corrected chi connectivity index (χ0v) is 11.8. The molecule has 1 amide bonds. The van der Waals surface area contributed by atoms with Gasteiger partial charge in [0.1, 0.15) is 17.4 Å². The van der Waals surface area contributed by atoms with Crippen molar-refractivity contribution in [3.05, 3.63) is 58.1 Å². The predicted octanol–water partition coefficient (Wildman–Crippen LogP) is 4.59. The SMILES string of the molecule is O=C(Nc1cc(C(F)(F)F)c(F)cc1F)c1cc(Cl)ccc1O. The molecule has 0 aliphatic rings. The number of aromatic hydroxyl groups is 1. The number of carbonyl (C=O) groups is 1. The molecule has 0 spiro atoms. The molecule has 0 unspecified atom stereocenters. The van der Waals surface area contributed by atoms with E-state index in [2.05, 4.69) is 0 Å². The second-order valence-corrected chi connectivity index (χ2v) is 4.86. The molecule has 0 saturated carbocycles. The number of carbonyl (C=O) groups excluding carboxylic acids is 1. The first kappa shape index (κ1) is 17.0. The van der Waals surface area contributed by atoms with Crippen molar-refractivity contribution in [3.63, 3.8) is 0 Å². The molecule has 0 aliphatic carbocycles. The smallest absolute Gasteiger partial charge is 0.419 e. The Labute approximate surface area is 131 Å². The highest BCUT2D eigenvalue weighted by Gasteiger charge is 2.35. The van der Waals surface area contributed by atoms with Crippen molar-refractivity contribution in [2.75, 3.05) is 5.32 Å². The van der Waals surface area contributed by atoms with Gasteiger partial charge in [-0.3, -0.25) is 4.79 Å². The zero-order chi connectivity index (χ0) is 17.4. The van der Waals surface area contributed by atoms with Crippen molar-refractivity contribution in [1.29, 1.82) is 0 Å². The van der Waals surface area contributed by atoms with Gasteiger partial charge in [0, 0.05) is 11.1 Å². The van der Waals surface area contributed by atoms with Crippen LogP contribution in [-0.2, 0) is 6.18 Å². The first-order valence-corrected chi connectivity index (χ1v) is 6.33. The second-order valence-electron chi connectivity index (χ2n) is 4.43. The minimum absolute atomic E-state index is 0.0102. The summed E-state index contributed by atoms with van der Waals surface area (Å²) < 4.78 is 64.6. The van der Waals surface area contributed by atoms with Gasteiger partial charge in [-0.25, -0.2) is 8.78 Å². The number of hydrogen-bond donors (Lipinski definition) is 2. The van der Waals surface area contributed by atoms with E-state index < -0.39 is 40.7 Å². The molecule has 0 bridgehead atoms. The highest BCUT2D eigenvalue weighted by atomic mass is 35.5. The Morgan fingerprint density at radius 1 is 1.09 bits per heavy atom. The third-order valence-electron chi connectivity index (χ3n) is 2.81. The second kappa shape index (κ2) is 6.04. The maximum absolute atomic E-state index is 13.6. The summed E-state index contributed by atoms with van der Waals surface area (Å²) >= 11 is 5.64. The van der Waals surface area contributed by atoms with Gasteiger partial charge in [0.25, 0.3) is 5.91 Å². The van der Waals surface area contributed by atoms with Crippen LogP contribution in [0, 0.1) is 11.6 Å². The molecule has 0 aromatic heterocycles. The predicted molar refractivity (Wildman–Crippen MR) is 72.4 cm³/mol. The zero-order valence-electron chi connectivity index (χ0n) is 11.0. The van der Waals surface area contributed by atoms with Crippen LogP contribution in [0.2, 0.25) is 5.02 Å². The van der Waals surface area contributed by atoms with E-state index in [-0.39, 0.29) is 22.7 Å². The average Bonchev–Trinajstić information content (AvgIpc) is 2.43. The number of alkyl halides is 3. The van der Waals surface area contributed by atoms with Gasteiger partial charge in [0.15, 0.2) is 0 Å². The topological polar surface area (TPSA) is 49.3 Å². The normalized spacial score (nSPS) is 11.4. The molecule has 122 valence electrons. The third kappa shape index (κ3) is 3.70. The Kier molecular flexibility index (Phi) is 4.46. The van der Waals surface area contributed by atoms with Crippen molar-refractivity contribution in [1.82, 2.24) is 0 Å². The highest BCUT2D eigenvalue weighted by Crippen LogP contribution is 2.34. The molecule has 0 heterocycles. The monoisotopic (exact) mass is 351 g/mol. The molecule has 2 aromatic rings. The van der Waals surface area contributed by atoms with Crippen molar-refractivity contribution in [2.45, 2.75) is 6.18 Å². The summed E-state index contributed by atoms with van der Waals surface area (Å²) in [5.74, 6) is -4.82. The van der Waals surface area contributed by atoms with E-state index in [4.69, 9.17) is 11.6 Å². The number of phenolic OH excluding ortho intramolecular Hbond substituents is 1. The number of amides is 1. The molecule has 9 heteroatoms. The quantitative estimate of drug-likeness (QED) is 0.777. The molecule has 0 aliphatic heterocycles. The van der Waals surface area contributed by atoms with Gasteiger partial charge in [0.05, 0.1) is 16.8 Å². The van der Waals surface area contributed by atoms with Gasteiger partial charge in [0.2, 0.25) is 0 Å². The van der Waals surface area contributed by atoms with Crippen LogP contribution in [0.5, 0.6) is 5.75 Å². The van der Waals surface area contributed by atoms with Crippen LogP contribution >= 0.6 is 11.6 Å². The summed E-state index contributed by atoms with van der Waals surface area (Å²) in [4.78, 5) is 11.9. The summed E-state index contributed by atoms with van der Waals surface area (Å²) in [6.45, 7) is 0. The summed E-state index contributed by atoms with van der Waals surface area (Å²) in [5.41, 5.74) is -3.00. The molecule has 2 aromatic carbocycles. The summed E-state index contributed by atoms with van der Waals surface area (Å²) in [7, 11) is 0. The molecule has 0 atom stereocenters.